The molecule has 1 N–H and O–H groups in total. The Morgan fingerprint density at radius 3 is 2.33 bits per heavy atom. The van der Waals surface area contributed by atoms with Gasteiger partial charge < -0.3 is 4.42 Å². The molecule has 0 amide bonds. The Morgan fingerprint density at radius 2 is 1.78 bits per heavy atom. The third-order valence-corrected chi connectivity index (χ3v) is 4.13. The maximum Gasteiger partial charge on any atom is 0.241 e. The molecule has 1 unspecified atom stereocenters. The number of hydrogen-bond acceptors (Lipinski definition) is 3. The Balaban J connectivity index is 2.19. The lowest BCUT2D eigenvalue weighted by Crippen LogP contribution is -2.26. The van der Waals surface area contributed by atoms with E-state index >= 15 is 0 Å². The predicted molar refractivity (Wildman–Crippen MR) is 68.6 cm³/mol. The lowest BCUT2D eigenvalue weighted by Gasteiger charge is -2.12. The monoisotopic (exact) mass is 265 g/mol. The zero-order chi connectivity index (χ0) is 13.2. The van der Waals surface area contributed by atoms with Crippen LogP contribution in [-0.2, 0) is 10.0 Å². The van der Waals surface area contributed by atoms with Gasteiger partial charge in [0.2, 0.25) is 10.0 Å². The number of sulfonamides is 1. The molecule has 0 bridgehead atoms. The number of aryl methyl sites for hydroxylation is 1. The molecule has 18 heavy (non-hydrogen) atoms. The van der Waals surface area contributed by atoms with E-state index in [1.165, 1.54) is 0 Å². The zero-order valence-electron chi connectivity index (χ0n) is 10.3. The Kier molecular flexibility index (Phi) is 3.54. The molecule has 1 heterocycles. The summed E-state index contributed by atoms with van der Waals surface area (Å²) in [4.78, 5) is 0.250. The van der Waals surface area contributed by atoms with Crippen LogP contribution in [0.25, 0.3) is 0 Å². The van der Waals surface area contributed by atoms with E-state index in [1.54, 1.807) is 43.3 Å². The summed E-state index contributed by atoms with van der Waals surface area (Å²) >= 11 is 0. The number of furan rings is 1. The molecule has 0 aliphatic heterocycles. The van der Waals surface area contributed by atoms with Crippen molar-refractivity contribution in [3.63, 3.8) is 0 Å². The predicted octanol–water partition coefficient (Wildman–Crippen LogP) is 2.63. The van der Waals surface area contributed by atoms with Gasteiger partial charge in [-0.1, -0.05) is 18.2 Å². The van der Waals surface area contributed by atoms with Gasteiger partial charge in [-0.05, 0) is 38.1 Å². The van der Waals surface area contributed by atoms with Gasteiger partial charge in [-0.25, -0.2) is 13.1 Å². The van der Waals surface area contributed by atoms with E-state index in [2.05, 4.69) is 4.72 Å². The molecule has 2 rings (SSSR count). The van der Waals surface area contributed by atoms with Crippen LogP contribution in [0.3, 0.4) is 0 Å². The lowest BCUT2D eigenvalue weighted by atomic mass is 10.3. The lowest BCUT2D eigenvalue weighted by molar-refractivity contribution is 0.441. The average molecular weight is 265 g/mol. The second-order valence-electron chi connectivity index (χ2n) is 4.10. The van der Waals surface area contributed by atoms with Crippen LogP contribution >= 0.6 is 0 Å². The summed E-state index contributed by atoms with van der Waals surface area (Å²) in [6.07, 6.45) is 0. The van der Waals surface area contributed by atoms with Crippen molar-refractivity contribution in [1.82, 2.24) is 4.72 Å². The van der Waals surface area contributed by atoms with Crippen molar-refractivity contribution in [2.24, 2.45) is 0 Å². The first kappa shape index (κ1) is 12.9. The molecular formula is C13H15NO3S. The van der Waals surface area contributed by atoms with Crippen molar-refractivity contribution in [3.8, 4) is 0 Å². The van der Waals surface area contributed by atoms with Gasteiger partial charge in [0.15, 0.2) is 0 Å². The summed E-state index contributed by atoms with van der Waals surface area (Å²) in [7, 11) is -3.51. The highest BCUT2D eigenvalue weighted by molar-refractivity contribution is 7.89. The third-order valence-electron chi connectivity index (χ3n) is 2.57. The molecule has 1 aromatic carbocycles. The maximum atomic E-state index is 12.1. The van der Waals surface area contributed by atoms with E-state index < -0.39 is 16.1 Å². The molecule has 0 aliphatic carbocycles. The van der Waals surface area contributed by atoms with Crippen LogP contribution in [0, 0.1) is 6.92 Å². The molecule has 5 heteroatoms. The summed E-state index contributed by atoms with van der Waals surface area (Å²) in [5, 5.41) is 0. The highest BCUT2D eigenvalue weighted by Crippen LogP contribution is 2.18. The minimum absolute atomic E-state index is 0.250. The van der Waals surface area contributed by atoms with Crippen LogP contribution in [0.4, 0.5) is 0 Å². The summed E-state index contributed by atoms with van der Waals surface area (Å²) < 4.78 is 32.1. The largest absolute Gasteiger partial charge is 0.465 e. The van der Waals surface area contributed by atoms with Gasteiger partial charge in [-0.15, -0.1) is 0 Å². The molecule has 0 saturated heterocycles. The molecule has 0 radical (unpaired) electrons. The van der Waals surface area contributed by atoms with E-state index in [9.17, 15) is 8.42 Å². The quantitative estimate of drug-likeness (QED) is 0.924. The highest BCUT2D eigenvalue weighted by atomic mass is 32.2. The second-order valence-corrected chi connectivity index (χ2v) is 5.82. The first-order valence-corrected chi connectivity index (χ1v) is 7.11. The molecule has 1 atom stereocenters. The van der Waals surface area contributed by atoms with E-state index in [-0.39, 0.29) is 4.90 Å². The van der Waals surface area contributed by atoms with Gasteiger partial charge in [0.25, 0.3) is 0 Å². The molecular weight excluding hydrogens is 250 g/mol. The van der Waals surface area contributed by atoms with E-state index in [4.69, 9.17) is 4.42 Å². The van der Waals surface area contributed by atoms with Crippen molar-refractivity contribution >= 4 is 10.0 Å². The zero-order valence-corrected chi connectivity index (χ0v) is 11.1. The Morgan fingerprint density at radius 1 is 1.11 bits per heavy atom. The number of hydrogen-bond donors (Lipinski definition) is 1. The molecule has 2 aromatic rings. The summed E-state index contributed by atoms with van der Waals surface area (Å²) in [5.41, 5.74) is 0. The van der Waals surface area contributed by atoms with Gasteiger partial charge in [-0.2, -0.15) is 0 Å². The minimum atomic E-state index is -3.51. The topological polar surface area (TPSA) is 59.3 Å². The number of rotatable bonds is 4. The summed E-state index contributed by atoms with van der Waals surface area (Å²) in [5.74, 6) is 1.36. The minimum Gasteiger partial charge on any atom is -0.465 e. The smallest absolute Gasteiger partial charge is 0.241 e. The maximum absolute atomic E-state index is 12.1. The first-order chi connectivity index (χ1) is 8.49. The Hall–Kier alpha value is -1.59. The van der Waals surface area contributed by atoms with Gasteiger partial charge in [0.1, 0.15) is 11.5 Å². The van der Waals surface area contributed by atoms with E-state index in [0.29, 0.717) is 5.76 Å². The molecule has 0 fully saturated rings. The van der Waals surface area contributed by atoms with Crippen LogP contribution < -0.4 is 4.72 Å². The van der Waals surface area contributed by atoms with E-state index in [1.807, 2.05) is 13.0 Å². The van der Waals surface area contributed by atoms with Crippen LogP contribution in [-0.4, -0.2) is 8.42 Å². The van der Waals surface area contributed by atoms with Gasteiger partial charge in [0, 0.05) is 0 Å². The Bertz CT molecular complexity index is 617. The fourth-order valence-corrected chi connectivity index (χ4v) is 2.88. The number of nitrogens with one attached hydrogen (secondary N) is 1. The molecule has 0 spiro atoms. The van der Waals surface area contributed by atoms with Crippen molar-refractivity contribution in [2.75, 3.05) is 0 Å². The van der Waals surface area contributed by atoms with Crippen molar-refractivity contribution < 1.29 is 12.8 Å². The summed E-state index contributed by atoms with van der Waals surface area (Å²) in [6, 6.07) is 11.5. The van der Waals surface area contributed by atoms with Crippen LogP contribution in [0.1, 0.15) is 24.5 Å². The van der Waals surface area contributed by atoms with Crippen molar-refractivity contribution in [1.29, 1.82) is 0 Å². The normalized spacial score (nSPS) is 13.4. The highest BCUT2D eigenvalue weighted by Gasteiger charge is 2.19. The second kappa shape index (κ2) is 4.96. The fraction of sp³-hybridized carbons (Fsp3) is 0.231. The van der Waals surface area contributed by atoms with E-state index in [0.717, 1.165) is 5.76 Å². The summed E-state index contributed by atoms with van der Waals surface area (Å²) in [6.45, 7) is 3.57. The van der Waals surface area contributed by atoms with Gasteiger partial charge >= 0.3 is 0 Å². The van der Waals surface area contributed by atoms with Crippen LogP contribution in [0.2, 0.25) is 0 Å². The first-order valence-electron chi connectivity index (χ1n) is 5.63. The number of benzene rings is 1. The Labute approximate surface area is 107 Å². The van der Waals surface area contributed by atoms with Crippen LogP contribution in [0.5, 0.6) is 0 Å². The third kappa shape index (κ3) is 2.80. The molecule has 0 saturated carbocycles. The van der Waals surface area contributed by atoms with Gasteiger partial charge in [-0.3, -0.25) is 0 Å². The van der Waals surface area contributed by atoms with Crippen molar-refractivity contribution in [3.05, 3.63) is 54.0 Å². The molecule has 1 aromatic heterocycles. The average Bonchev–Trinajstić information content (AvgIpc) is 2.77. The molecule has 96 valence electrons. The van der Waals surface area contributed by atoms with Crippen molar-refractivity contribution in [2.45, 2.75) is 24.8 Å². The SMILES string of the molecule is Cc1ccc(C(C)NS(=O)(=O)c2ccccc2)o1. The standard InChI is InChI=1S/C13H15NO3S/c1-10-8-9-13(17-10)11(2)14-18(15,16)12-6-4-3-5-7-12/h3-9,11,14H,1-2H3. The van der Waals surface area contributed by atoms with Gasteiger partial charge in [0.05, 0.1) is 10.9 Å². The molecule has 4 nitrogen and oxygen atoms in total. The fourth-order valence-electron chi connectivity index (χ4n) is 1.64. The molecule has 0 aliphatic rings. The van der Waals surface area contributed by atoms with Crippen LogP contribution in [0.15, 0.2) is 51.8 Å².